The summed E-state index contributed by atoms with van der Waals surface area (Å²) in [5.74, 6) is -21.3. The molecule has 0 radical (unpaired) electrons. The van der Waals surface area contributed by atoms with Gasteiger partial charge in [-0.15, -0.1) is 11.8 Å². The van der Waals surface area contributed by atoms with Gasteiger partial charge in [0.2, 0.25) is 94.5 Å². The summed E-state index contributed by atoms with van der Waals surface area (Å²) in [6.07, 6.45) is -0.653. The predicted octanol–water partition coefficient (Wildman–Crippen LogP) is -2.54. The number of H-pyrrole nitrogens is 1. The van der Waals surface area contributed by atoms with E-state index in [0.717, 1.165) is 11.8 Å². The summed E-state index contributed by atoms with van der Waals surface area (Å²) in [6.45, 7) is 11.0. The van der Waals surface area contributed by atoms with Gasteiger partial charge < -0.3 is 127 Å². The Balaban J connectivity index is 1.46. The Labute approximate surface area is 766 Å². The van der Waals surface area contributed by atoms with Crippen molar-refractivity contribution in [2.24, 2.45) is 35.1 Å². The standard InChI is InChI=1S/C88H123N21O22S/c1-9-49(8)75-87(131)108-63(33-48(6)7)82(126)104-64(34-50-12-20-55(110)21-13-50)77(121)96-41-71(115)98-60(28-29-74(118)119)79(123)102-61(31-46(2)3)76(120)95-42-72(116)100-69(78(122)94-40-70(89)114)43-132-44-73(117)99-65(35-51-14-22-56(111)23-15-51)83(127)107-68(38-54-39-92-45-97-54)86(130)103-62(32-47(4)5)81(125)105-67(37-53-18-26-58(113)27-19-53)85(129)106-66(36-52-16-24-57(112)25-17-52)84(128)101-59(80(124)109-75)11-10-30-93-88(90)91/h12-27,39,45-49,59-69,75,110-113H,9-11,28-38,40-44H2,1-8H3,(H2,89,114)(H,92,97)(H,94,122)(H,95,120)(H,96,121)(H,98,115)(H,99,117)(H,100,116)(H,101,128)(H,102,123)(H,103,130)(H,104,126)(H,105,125)(H,106,129)(H,107,127)(H,108,131)(H,109,124)(H,118,119)(H4,90,91,93)/t49-,59-,60-,61-,62-,63-,64-,65-,66-,67-,68-,69-,75-/m0/s1. The molecule has 0 saturated carbocycles. The van der Waals surface area contributed by atoms with Crippen LogP contribution in [0.15, 0.2) is 110 Å². The number of carbonyl (C=O) groups excluding carboxylic acids is 16. The molecule has 1 saturated heterocycles. The Kier molecular flexibility index (Phi) is 43.4. The smallest absolute Gasteiger partial charge is 0.303 e. The van der Waals surface area contributed by atoms with Crippen LogP contribution in [0.4, 0.5) is 0 Å². The molecule has 13 atom stereocenters. The second-order valence-electron chi connectivity index (χ2n) is 33.4. The van der Waals surface area contributed by atoms with E-state index in [9.17, 15) is 78.3 Å². The van der Waals surface area contributed by atoms with Crippen LogP contribution >= 0.6 is 11.8 Å². The molecule has 1 aliphatic rings. The van der Waals surface area contributed by atoms with Gasteiger partial charge in [0.15, 0.2) is 5.96 Å². The molecule has 5 aromatic rings. The molecular weight excluding hydrogens is 1740 g/mol. The number of aromatic hydroxyl groups is 4. The molecule has 2 heterocycles. The molecule has 0 spiro atoms. The summed E-state index contributed by atoms with van der Waals surface area (Å²) >= 11 is 0.738. The van der Waals surface area contributed by atoms with Crippen LogP contribution in [-0.2, 0) is 114 Å². The fourth-order valence-electron chi connectivity index (χ4n) is 13.8. The van der Waals surface area contributed by atoms with E-state index in [1.54, 1.807) is 55.4 Å². The van der Waals surface area contributed by atoms with Gasteiger partial charge in [0.1, 0.15) is 95.5 Å². The molecule has 4 aromatic carbocycles. The maximum Gasteiger partial charge on any atom is 0.303 e. The van der Waals surface area contributed by atoms with Crippen molar-refractivity contribution in [2.45, 2.75) is 211 Å². The molecule has 0 aliphatic carbocycles. The molecule has 6 rings (SSSR count). The van der Waals surface area contributed by atoms with Gasteiger partial charge in [-0.1, -0.05) is 110 Å². The first-order valence-corrected chi connectivity index (χ1v) is 44.4. The zero-order valence-corrected chi connectivity index (χ0v) is 75.6. The van der Waals surface area contributed by atoms with E-state index in [2.05, 4.69) is 95.0 Å². The van der Waals surface area contributed by atoms with Crippen molar-refractivity contribution < 1.29 is 107 Å². The summed E-state index contributed by atoms with van der Waals surface area (Å²) in [5.41, 5.74) is 12.6. The predicted molar refractivity (Wildman–Crippen MR) is 482 cm³/mol. The minimum Gasteiger partial charge on any atom is -0.508 e. The average molecular weight is 1860 g/mol. The number of aromatic amines is 1. The highest BCUT2D eigenvalue weighted by Crippen LogP contribution is 2.21. The molecule has 1 aromatic heterocycles. The number of imidazole rings is 1. The van der Waals surface area contributed by atoms with Crippen molar-refractivity contribution in [2.75, 3.05) is 37.7 Å². The molecule has 132 heavy (non-hydrogen) atoms. The quantitative estimate of drug-likeness (QED) is 0.0139. The van der Waals surface area contributed by atoms with Gasteiger partial charge in [0.25, 0.3) is 0 Å². The van der Waals surface area contributed by atoms with Gasteiger partial charge in [-0.25, -0.2) is 4.98 Å². The van der Waals surface area contributed by atoms with Crippen molar-refractivity contribution in [3.63, 3.8) is 0 Å². The number of carboxylic acids is 1. The van der Waals surface area contributed by atoms with E-state index in [1.165, 1.54) is 110 Å². The lowest BCUT2D eigenvalue weighted by Gasteiger charge is -2.30. The zero-order chi connectivity index (χ0) is 97.4. The molecule has 16 amide bonds. The largest absolute Gasteiger partial charge is 0.508 e. The monoisotopic (exact) mass is 1860 g/mol. The Bertz CT molecular complexity index is 4780. The Hall–Kier alpha value is -14.1. The normalized spacial score (nSPS) is 22.3. The minimum absolute atomic E-state index is 0.0143. The Morgan fingerprint density at radius 1 is 0.439 bits per heavy atom. The molecule has 0 unspecified atom stereocenters. The number of nitrogens with two attached hydrogens (primary N) is 2. The highest BCUT2D eigenvalue weighted by atomic mass is 32.2. The summed E-state index contributed by atoms with van der Waals surface area (Å²) < 4.78 is 0. The van der Waals surface area contributed by atoms with Gasteiger partial charge in [-0.2, -0.15) is 0 Å². The molecule has 718 valence electrons. The number of phenols is 4. The average Bonchev–Trinajstić information content (AvgIpc) is 1.04. The number of hydrogen-bond acceptors (Lipinski definition) is 24. The lowest BCUT2D eigenvalue weighted by atomic mass is 9.95. The number of nitrogens with one attached hydrogen (secondary N) is 18. The molecule has 44 heteroatoms. The van der Waals surface area contributed by atoms with Crippen LogP contribution in [-0.4, -0.2) is 252 Å². The fourth-order valence-corrected chi connectivity index (χ4v) is 14.6. The number of primary amides is 1. The number of carbonyl (C=O) groups is 17. The van der Waals surface area contributed by atoms with Crippen LogP contribution in [0.1, 0.15) is 135 Å². The lowest BCUT2D eigenvalue weighted by molar-refractivity contribution is -0.138. The maximum atomic E-state index is 15.4. The van der Waals surface area contributed by atoms with E-state index < -0.39 is 235 Å². The van der Waals surface area contributed by atoms with Crippen molar-refractivity contribution in [3.8, 4) is 23.0 Å². The Morgan fingerprint density at radius 2 is 0.788 bits per heavy atom. The number of hydrogen-bond donors (Lipinski definition) is 25. The third-order valence-corrected chi connectivity index (χ3v) is 21.9. The number of aromatic nitrogens is 2. The van der Waals surface area contributed by atoms with Gasteiger partial charge in [0.05, 0.1) is 37.4 Å². The highest BCUT2D eigenvalue weighted by Gasteiger charge is 2.39. The first-order valence-electron chi connectivity index (χ1n) is 43.2. The SMILES string of the molecule is CC[C@H](C)[C@@H]1NC(=O)[C@H](CCCNC(=N)N)NC(=O)[C@H](Cc2ccc(O)cc2)NC(=O)[C@H](Cc2ccc(O)cc2)NC(=O)[C@H](CC(C)C)NC(=O)[C@H](Cc2c[nH]cn2)NC(=O)[C@H](Cc2ccc(O)cc2)NC(=O)CSC[C@@H](C(=O)NCC(N)=O)NC(=O)CNC(=O)[C@H](CC(C)C)NC(=O)[C@H](CCC(=O)O)NC(=O)CNC(=O)[C@H](Cc2ccc(O)cc2)NC(=O)[C@H](CC(C)C)NC1=O. The van der Waals surface area contributed by atoms with Crippen LogP contribution in [0.2, 0.25) is 0 Å². The van der Waals surface area contributed by atoms with Crippen LogP contribution in [0.25, 0.3) is 0 Å². The summed E-state index contributed by atoms with van der Waals surface area (Å²) in [5, 5.41) is 100. The van der Waals surface area contributed by atoms with Gasteiger partial charge in [-0.3, -0.25) is 86.9 Å². The summed E-state index contributed by atoms with van der Waals surface area (Å²) in [4.78, 5) is 251. The number of benzene rings is 4. The van der Waals surface area contributed by atoms with Crippen LogP contribution in [0.5, 0.6) is 23.0 Å². The number of guanidine groups is 1. The highest BCUT2D eigenvalue weighted by molar-refractivity contribution is 8.00. The van der Waals surface area contributed by atoms with E-state index in [4.69, 9.17) is 16.9 Å². The van der Waals surface area contributed by atoms with Crippen LogP contribution in [0.3, 0.4) is 0 Å². The molecule has 43 nitrogen and oxygen atoms in total. The van der Waals surface area contributed by atoms with Crippen LogP contribution < -0.4 is 96.5 Å². The third-order valence-electron chi connectivity index (χ3n) is 20.8. The molecule has 0 bridgehead atoms. The van der Waals surface area contributed by atoms with Crippen molar-refractivity contribution in [1.82, 2.24) is 95.0 Å². The van der Waals surface area contributed by atoms with Crippen molar-refractivity contribution in [1.29, 1.82) is 5.41 Å². The third kappa shape index (κ3) is 38.3. The topological polar surface area (TPSA) is 688 Å². The second kappa shape index (κ2) is 53.8. The number of aliphatic carboxylic acids is 1. The second-order valence-corrected chi connectivity index (χ2v) is 34.4. The van der Waals surface area contributed by atoms with E-state index in [-0.39, 0.29) is 118 Å². The number of amides is 16. The summed E-state index contributed by atoms with van der Waals surface area (Å²) in [6, 6.07) is 3.03. The van der Waals surface area contributed by atoms with E-state index in [1.807, 2.05) is 0 Å². The van der Waals surface area contributed by atoms with Crippen LogP contribution in [0, 0.1) is 29.1 Å². The van der Waals surface area contributed by atoms with Gasteiger partial charge >= 0.3 is 5.97 Å². The van der Waals surface area contributed by atoms with Gasteiger partial charge in [0, 0.05) is 57.0 Å². The number of thioether (sulfide) groups is 1. The minimum atomic E-state index is -1.72. The lowest BCUT2D eigenvalue weighted by Crippen LogP contribution is -2.62. The summed E-state index contributed by atoms with van der Waals surface area (Å²) in [7, 11) is 0. The molecule has 1 aliphatic heterocycles. The first kappa shape index (κ1) is 107. The van der Waals surface area contributed by atoms with Crippen molar-refractivity contribution in [3.05, 3.63) is 138 Å². The van der Waals surface area contributed by atoms with Gasteiger partial charge in [-0.05, 0) is 133 Å². The first-order chi connectivity index (χ1) is 62.5. The van der Waals surface area contributed by atoms with E-state index in [0.29, 0.717) is 22.3 Å². The fraction of sp³-hybridized carbons (Fsp3) is 0.489. The molecule has 1 fully saturated rings. The maximum absolute atomic E-state index is 15.4. The molecule has 27 N–H and O–H groups in total. The number of phenolic OH excluding ortho intramolecular Hbond substituents is 4. The zero-order valence-electron chi connectivity index (χ0n) is 74.8. The number of rotatable bonds is 28. The number of nitrogens with zero attached hydrogens (tertiary/aromatic N) is 1. The van der Waals surface area contributed by atoms with E-state index >= 15 is 28.8 Å². The number of carboxylic acid groups (broad SMARTS) is 1. The van der Waals surface area contributed by atoms with Crippen molar-refractivity contribution >= 4 is 118 Å². The Morgan fingerprint density at radius 3 is 1.19 bits per heavy atom. The molecular formula is C88H123N21O22S.